The number of carbonyl (C=O) groups is 1. The molecule has 3 aromatic heterocycles. The highest BCUT2D eigenvalue weighted by atomic mass is 35.5. The second-order valence-corrected chi connectivity index (χ2v) is 9.42. The van der Waals surface area contributed by atoms with E-state index in [4.69, 9.17) is 16.6 Å². The topological polar surface area (TPSA) is 99.8 Å². The highest BCUT2D eigenvalue weighted by Crippen LogP contribution is 2.36. The maximum absolute atomic E-state index is 13.2. The van der Waals surface area contributed by atoms with E-state index in [0.717, 1.165) is 22.1 Å². The molecule has 190 valence electrons. The van der Waals surface area contributed by atoms with Gasteiger partial charge in [0, 0.05) is 40.2 Å². The quantitative estimate of drug-likeness (QED) is 0.228. The Morgan fingerprint density at radius 3 is 2.44 bits per heavy atom. The maximum Gasteiger partial charge on any atom is 0.319 e. The van der Waals surface area contributed by atoms with Gasteiger partial charge in [0.1, 0.15) is 5.65 Å². The van der Waals surface area contributed by atoms with Crippen molar-refractivity contribution in [2.45, 2.75) is 6.54 Å². The summed E-state index contributed by atoms with van der Waals surface area (Å²) in [5, 5.41) is 7.39. The Bertz CT molecular complexity index is 1890. The molecular weight excluding hydrogens is 510 g/mol. The van der Waals surface area contributed by atoms with Gasteiger partial charge in [0.25, 0.3) is 0 Å². The molecule has 0 saturated heterocycles. The summed E-state index contributed by atoms with van der Waals surface area (Å²) in [4.78, 5) is 38.1. The number of halogens is 1. The predicted octanol–water partition coefficient (Wildman–Crippen LogP) is 6.78. The number of aromatic nitrogens is 3. The molecule has 0 atom stereocenters. The molecule has 8 heteroatoms. The first-order valence-corrected chi connectivity index (χ1v) is 12.7. The van der Waals surface area contributed by atoms with E-state index >= 15 is 0 Å². The number of pyridine rings is 3. The second kappa shape index (κ2) is 10.4. The van der Waals surface area contributed by atoms with Crippen molar-refractivity contribution in [3.8, 4) is 22.4 Å². The summed E-state index contributed by atoms with van der Waals surface area (Å²) in [5.41, 5.74) is 5.35. The van der Waals surface area contributed by atoms with Crippen LogP contribution in [0.25, 0.3) is 44.3 Å². The molecule has 0 saturated carbocycles. The largest absolute Gasteiger partial charge is 0.341 e. The molecule has 3 heterocycles. The molecule has 0 unspecified atom stereocenters. The van der Waals surface area contributed by atoms with Gasteiger partial charge in [-0.1, -0.05) is 66.2 Å². The first-order valence-electron chi connectivity index (χ1n) is 12.3. The van der Waals surface area contributed by atoms with E-state index in [-0.39, 0.29) is 18.0 Å². The SMILES string of the molecule is O=C(NCc1cc(=O)c2cc(-c3cc(Cl)c4ncccc4c3)c(-c3ccccc3)nc2[nH]1)Nc1ccccc1. The van der Waals surface area contributed by atoms with Crippen LogP contribution < -0.4 is 16.1 Å². The molecule has 2 amide bonds. The van der Waals surface area contributed by atoms with Gasteiger partial charge in [-0.3, -0.25) is 9.78 Å². The number of hydrogen-bond donors (Lipinski definition) is 3. The molecule has 0 aliphatic rings. The van der Waals surface area contributed by atoms with Gasteiger partial charge in [-0.25, -0.2) is 9.78 Å². The fourth-order valence-electron chi connectivity index (χ4n) is 4.53. The molecule has 0 fully saturated rings. The maximum atomic E-state index is 13.2. The number of benzene rings is 3. The van der Waals surface area contributed by atoms with Crippen molar-refractivity contribution in [3.05, 3.63) is 124 Å². The fraction of sp³-hybridized carbons (Fsp3) is 0.0323. The van der Waals surface area contributed by atoms with Gasteiger partial charge in [-0.05, 0) is 42.0 Å². The average molecular weight is 532 g/mol. The minimum atomic E-state index is -0.377. The number of para-hydroxylation sites is 1. The van der Waals surface area contributed by atoms with Gasteiger partial charge in [0.2, 0.25) is 0 Å². The smallest absolute Gasteiger partial charge is 0.319 e. The number of anilines is 1. The van der Waals surface area contributed by atoms with Crippen molar-refractivity contribution in [2.75, 3.05) is 5.32 Å². The number of hydrogen-bond acceptors (Lipinski definition) is 4. The number of urea groups is 1. The molecule has 6 rings (SSSR count). The number of aromatic amines is 1. The number of carbonyl (C=O) groups excluding carboxylic acids is 1. The Balaban J connectivity index is 1.41. The van der Waals surface area contributed by atoms with Crippen LogP contribution in [0.5, 0.6) is 0 Å². The zero-order valence-corrected chi connectivity index (χ0v) is 21.4. The highest BCUT2D eigenvalue weighted by molar-refractivity contribution is 6.35. The summed E-state index contributed by atoms with van der Waals surface area (Å²) in [6.07, 6.45) is 1.71. The lowest BCUT2D eigenvalue weighted by molar-refractivity contribution is 0.251. The number of rotatable bonds is 5. The van der Waals surface area contributed by atoms with Crippen molar-refractivity contribution in [1.82, 2.24) is 20.3 Å². The monoisotopic (exact) mass is 531 g/mol. The van der Waals surface area contributed by atoms with Gasteiger partial charge in [0.15, 0.2) is 5.43 Å². The summed E-state index contributed by atoms with van der Waals surface area (Å²) < 4.78 is 0. The summed E-state index contributed by atoms with van der Waals surface area (Å²) >= 11 is 6.60. The summed E-state index contributed by atoms with van der Waals surface area (Å²) in [6, 6.07) is 29.5. The average Bonchev–Trinajstić information content (AvgIpc) is 2.96. The van der Waals surface area contributed by atoms with Crippen LogP contribution in [0.15, 0.2) is 108 Å². The normalized spacial score (nSPS) is 11.0. The van der Waals surface area contributed by atoms with Gasteiger partial charge in [0.05, 0.1) is 28.2 Å². The third kappa shape index (κ3) is 5.08. The molecule has 7 nitrogen and oxygen atoms in total. The standard InChI is InChI=1S/C31H22ClN5O2/c32-26-15-21(14-20-10-7-13-33-29(20)26)24-17-25-27(38)16-23(18-34-31(39)36-22-11-5-2-6-12-22)35-30(25)37-28(24)19-8-3-1-4-9-19/h1-17H,18H2,(H2,34,36,39)(H,35,37,38). The van der Waals surface area contributed by atoms with Crippen LogP contribution in [0, 0.1) is 0 Å². The van der Waals surface area contributed by atoms with E-state index in [2.05, 4.69) is 20.6 Å². The van der Waals surface area contributed by atoms with Crippen LogP contribution >= 0.6 is 11.6 Å². The number of nitrogens with zero attached hydrogens (tertiary/aromatic N) is 2. The van der Waals surface area contributed by atoms with Crippen molar-refractivity contribution in [2.24, 2.45) is 0 Å². The van der Waals surface area contributed by atoms with Crippen molar-refractivity contribution in [3.63, 3.8) is 0 Å². The van der Waals surface area contributed by atoms with Crippen LogP contribution in [-0.2, 0) is 6.54 Å². The molecule has 0 bridgehead atoms. The molecule has 0 aliphatic heterocycles. The van der Waals surface area contributed by atoms with E-state index < -0.39 is 0 Å². The highest BCUT2D eigenvalue weighted by Gasteiger charge is 2.16. The first-order chi connectivity index (χ1) is 19.0. The first kappa shape index (κ1) is 24.3. The third-order valence-electron chi connectivity index (χ3n) is 6.36. The second-order valence-electron chi connectivity index (χ2n) is 9.01. The fourth-order valence-corrected chi connectivity index (χ4v) is 4.80. The number of fused-ring (bicyclic) bond motifs is 2. The molecule has 0 aliphatic carbocycles. The van der Waals surface area contributed by atoms with Crippen molar-refractivity contribution in [1.29, 1.82) is 0 Å². The molecule has 6 aromatic rings. The Morgan fingerprint density at radius 2 is 1.64 bits per heavy atom. The zero-order chi connectivity index (χ0) is 26.8. The number of amides is 2. The van der Waals surface area contributed by atoms with Crippen LogP contribution in [0.4, 0.5) is 10.5 Å². The lowest BCUT2D eigenvalue weighted by Crippen LogP contribution is -2.29. The van der Waals surface area contributed by atoms with Crippen LogP contribution in [-0.4, -0.2) is 21.0 Å². The summed E-state index contributed by atoms with van der Waals surface area (Å²) in [6.45, 7) is 0.126. The van der Waals surface area contributed by atoms with Crippen molar-refractivity contribution >= 4 is 45.3 Å². The van der Waals surface area contributed by atoms with E-state index in [1.54, 1.807) is 18.3 Å². The Labute approximate surface area is 228 Å². The van der Waals surface area contributed by atoms with E-state index in [9.17, 15) is 9.59 Å². The van der Waals surface area contributed by atoms with E-state index in [0.29, 0.717) is 38.6 Å². The van der Waals surface area contributed by atoms with Crippen LogP contribution in [0.2, 0.25) is 5.02 Å². The van der Waals surface area contributed by atoms with Gasteiger partial charge in [-0.15, -0.1) is 0 Å². The predicted molar refractivity (Wildman–Crippen MR) is 156 cm³/mol. The Kier molecular flexibility index (Phi) is 6.49. The number of H-pyrrole nitrogens is 1. The number of nitrogens with one attached hydrogen (secondary N) is 3. The van der Waals surface area contributed by atoms with Crippen LogP contribution in [0.1, 0.15) is 5.69 Å². The van der Waals surface area contributed by atoms with Crippen molar-refractivity contribution < 1.29 is 4.79 Å². The van der Waals surface area contributed by atoms with E-state index in [1.807, 2.05) is 78.9 Å². The third-order valence-corrected chi connectivity index (χ3v) is 6.65. The minimum absolute atomic E-state index is 0.126. The molecule has 3 N–H and O–H groups in total. The summed E-state index contributed by atoms with van der Waals surface area (Å²) in [5.74, 6) is 0. The van der Waals surface area contributed by atoms with Gasteiger partial charge < -0.3 is 15.6 Å². The molecule has 0 radical (unpaired) electrons. The van der Waals surface area contributed by atoms with Gasteiger partial charge >= 0.3 is 6.03 Å². The molecule has 3 aromatic carbocycles. The lowest BCUT2D eigenvalue weighted by atomic mass is 9.96. The molecule has 0 spiro atoms. The Hall–Kier alpha value is -5.01. The summed E-state index contributed by atoms with van der Waals surface area (Å²) in [7, 11) is 0. The lowest BCUT2D eigenvalue weighted by Gasteiger charge is -2.14. The minimum Gasteiger partial charge on any atom is -0.341 e. The Morgan fingerprint density at radius 1 is 0.872 bits per heavy atom. The van der Waals surface area contributed by atoms with Gasteiger partial charge in [-0.2, -0.15) is 0 Å². The zero-order valence-electron chi connectivity index (χ0n) is 20.6. The van der Waals surface area contributed by atoms with Crippen LogP contribution in [0.3, 0.4) is 0 Å². The molecule has 39 heavy (non-hydrogen) atoms. The molecular formula is C31H22ClN5O2. The van der Waals surface area contributed by atoms with E-state index in [1.165, 1.54) is 6.07 Å².